The van der Waals surface area contributed by atoms with Crippen LogP contribution in [0.15, 0.2) is 0 Å². The number of rotatable bonds is 72. The van der Waals surface area contributed by atoms with Crippen molar-refractivity contribution in [2.75, 3.05) is 39.6 Å². The number of ether oxygens (including phenoxy) is 4. The van der Waals surface area contributed by atoms with E-state index in [1.54, 1.807) is 0 Å². The lowest BCUT2D eigenvalue weighted by atomic mass is 10.0. The highest BCUT2D eigenvalue weighted by molar-refractivity contribution is 7.47. The fourth-order valence-electron chi connectivity index (χ4n) is 11.1. The molecule has 0 rings (SSSR count). The van der Waals surface area contributed by atoms with Crippen molar-refractivity contribution in [1.29, 1.82) is 0 Å². The summed E-state index contributed by atoms with van der Waals surface area (Å²) in [5.74, 6) is -0.527. The lowest BCUT2D eigenvalue weighted by molar-refractivity contribution is -0.161. The molecule has 0 aromatic rings. The number of hydrogen-bond donors (Lipinski definition) is 3. The molecule has 5 atom stereocenters. The maximum atomic E-state index is 13.1. The van der Waals surface area contributed by atoms with E-state index < -0.39 is 97.5 Å². The molecule has 0 heterocycles. The second kappa shape index (κ2) is 65.0. The lowest BCUT2D eigenvalue weighted by Gasteiger charge is -2.21. The van der Waals surface area contributed by atoms with E-state index in [1.165, 1.54) is 193 Å². The van der Waals surface area contributed by atoms with Gasteiger partial charge >= 0.3 is 39.5 Å². The van der Waals surface area contributed by atoms with E-state index in [9.17, 15) is 43.2 Å². The van der Waals surface area contributed by atoms with Crippen molar-refractivity contribution in [2.45, 2.75) is 394 Å². The van der Waals surface area contributed by atoms with Gasteiger partial charge < -0.3 is 33.8 Å². The Morgan fingerprint density at radius 1 is 0.293 bits per heavy atom. The molecule has 0 saturated heterocycles. The van der Waals surface area contributed by atoms with E-state index in [4.69, 9.17) is 37.0 Å². The fourth-order valence-corrected chi connectivity index (χ4v) is 12.7. The Kier molecular flexibility index (Phi) is 63.7. The normalized spacial score (nSPS) is 14.1. The number of phosphoric ester groups is 2. The highest BCUT2D eigenvalue weighted by Crippen LogP contribution is 2.45. The minimum atomic E-state index is -4.95. The van der Waals surface area contributed by atoms with Crippen LogP contribution in [-0.4, -0.2) is 96.7 Å². The van der Waals surface area contributed by atoms with Gasteiger partial charge in [-0.05, 0) is 37.5 Å². The predicted molar refractivity (Wildman–Crippen MR) is 372 cm³/mol. The van der Waals surface area contributed by atoms with Gasteiger partial charge in [0.25, 0.3) is 0 Å². The van der Waals surface area contributed by atoms with E-state index in [-0.39, 0.29) is 25.7 Å². The molecule has 0 amide bonds. The molecule has 0 saturated carbocycles. The highest BCUT2D eigenvalue weighted by atomic mass is 31.2. The third-order valence-electron chi connectivity index (χ3n) is 17.0. The summed E-state index contributed by atoms with van der Waals surface area (Å²) in [5, 5.41) is 10.6. The number of phosphoric acid groups is 2. The van der Waals surface area contributed by atoms with Crippen molar-refractivity contribution in [1.82, 2.24) is 0 Å². The number of carbonyl (C=O) groups is 4. The Morgan fingerprint density at radius 2 is 0.500 bits per heavy atom. The van der Waals surface area contributed by atoms with Crippen LogP contribution in [0.3, 0.4) is 0 Å². The van der Waals surface area contributed by atoms with Crippen molar-refractivity contribution < 1.29 is 80.2 Å². The third kappa shape index (κ3) is 66.7. The smallest absolute Gasteiger partial charge is 0.462 e. The van der Waals surface area contributed by atoms with Gasteiger partial charge in [-0.1, -0.05) is 324 Å². The molecular formula is C73H142O17P2. The number of esters is 4. The molecule has 546 valence electrons. The van der Waals surface area contributed by atoms with Crippen molar-refractivity contribution in [2.24, 2.45) is 11.8 Å². The van der Waals surface area contributed by atoms with E-state index in [1.807, 2.05) is 0 Å². The van der Waals surface area contributed by atoms with Crippen LogP contribution in [0.25, 0.3) is 0 Å². The number of unbranched alkanes of at least 4 members (excludes halogenated alkanes) is 42. The van der Waals surface area contributed by atoms with Crippen LogP contribution >= 0.6 is 15.6 Å². The average molecular weight is 1350 g/mol. The van der Waals surface area contributed by atoms with Gasteiger partial charge in [0.1, 0.15) is 19.3 Å². The Labute approximate surface area is 562 Å². The molecule has 0 aliphatic rings. The van der Waals surface area contributed by atoms with Gasteiger partial charge in [-0.2, -0.15) is 0 Å². The summed E-state index contributed by atoms with van der Waals surface area (Å²) in [5.41, 5.74) is 0. The van der Waals surface area contributed by atoms with Gasteiger partial charge in [0, 0.05) is 25.7 Å². The van der Waals surface area contributed by atoms with Gasteiger partial charge in [0.15, 0.2) is 12.2 Å². The van der Waals surface area contributed by atoms with Crippen LogP contribution in [0.5, 0.6) is 0 Å². The predicted octanol–water partition coefficient (Wildman–Crippen LogP) is 21.2. The summed E-state index contributed by atoms with van der Waals surface area (Å²) in [6.07, 6.45) is 51.3. The summed E-state index contributed by atoms with van der Waals surface area (Å²) >= 11 is 0. The third-order valence-corrected chi connectivity index (χ3v) is 18.9. The van der Waals surface area contributed by atoms with Crippen molar-refractivity contribution >= 4 is 39.5 Å². The van der Waals surface area contributed by atoms with Gasteiger partial charge in [0.05, 0.1) is 26.4 Å². The van der Waals surface area contributed by atoms with E-state index in [0.717, 1.165) is 102 Å². The van der Waals surface area contributed by atoms with Crippen LogP contribution in [0, 0.1) is 11.8 Å². The molecule has 0 bridgehead atoms. The first-order chi connectivity index (χ1) is 44.4. The first kappa shape index (κ1) is 90.1. The maximum Gasteiger partial charge on any atom is 0.472 e. The van der Waals surface area contributed by atoms with Crippen LogP contribution in [0.1, 0.15) is 375 Å². The summed E-state index contributed by atoms with van der Waals surface area (Å²) in [6.45, 7) is 9.59. The summed E-state index contributed by atoms with van der Waals surface area (Å²) in [4.78, 5) is 72.6. The molecule has 0 aliphatic carbocycles. The molecule has 0 fully saturated rings. The maximum absolute atomic E-state index is 13.1. The fraction of sp³-hybridized carbons (Fsp3) is 0.945. The van der Waals surface area contributed by atoms with Crippen molar-refractivity contribution in [3.05, 3.63) is 0 Å². The molecule has 0 aliphatic heterocycles. The zero-order valence-corrected chi connectivity index (χ0v) is 61.6. The first-order valence-electron chi connectivity index (χ1n) is 38.0. The lowest BCUT2D eigenvalue weighted by Crippen LogP contribution is -2.30. The van der Waals surface area contributed by atoms with Gasteiger partial charge in [-0.15, -0.1) is 0 Å². The number of hydrogen-bond acceptors (Lipinski definition) is 15. The second-order valence-corrected chi connectivity index (χ2v) is 30.2. The SMILES string of the molecule is CCCCCCCCCCCC(=O)OC[C@H](COP(=O)(O)OC[C@H](O)COP(=O)(O)OC[C@@H](COC(=O)CCCCCCCCCCCCCCCCC(C)C)OC(=O)CCCCCCCCCCCCCCCCC(C)C)OC(=O)CCCCCCCCCCC. The monoisotopic (exact) mass is 1350 g/mol. The number of carbonyl (C=O) groups excluding carboxylic acids is 4. The second-order valence-electron chi connectivity index (χ2n) is 27.3. The Balaban J connectivity index is 5.20. The molecule has 0 radical (unpaired) electrons. The van der Waals surface area contributed by atoms with Gasteiger partial charge in [0.2, 0.25) is 0 Å². The van der Waals surface area contributed by atoms with Gasteiger partial charge in [-0.3, -0.25) is 37.3 Å². The van der Waals surface area contributed by atoms with E-state index in [0.29, 0.717) is 25.7 Å². The molecule has 0 aromatic carbocycles. The molecule has 17 nitrogen and oxygen atoms in total. The Bertz CT molecular complexity index is 1790. The zero-order chi connectivity index (χ0) is 67.9. The number of aliphatic hydroxyl groups excluding tert-OH is 1. The molecule has 19 heteroatoms. The topological polar surface area (TPSA) is 237 Å². The molecule has 3 N–H and O–H groups in total. The van der Waals surface area contributed by atoms with E-state index >= 15 is 0 Å². The largest absolute Gasteiger partial charge is 0.472 e. The average Bonchev–Trinajstić information content (AvgIpc) is 3.59. The number of aliphatic hydroxyl groups is 1. The highest BCUT2D eigenvalue weighted by Gasteiger charge is 2.30. The summed E-state index contributed by atoms with van der Waals surface area (Å²) in [7, 11) is -9.90. The molecule has 2 unspecified atom stereocenters. The van der Waals surface area contributed by atoms with Crippen LogP contribution in [-0.2, 0) is 65.4 Å². The van der Waals surface area contributed by atoms with Crippen molar-refractivity contribution in [3.63, 3.8) is 0 Å². The van der Waals surface area contributed by atoms with Crippen LogP contribution in [0.2, 0.25) is 0 Å². The summed E-state index contributed by atoms with van der Waals surface area (Å²) in [6, 6.07) is 0. The molecule has 0 spiro atoms. The zero-order valence-electron chi connectivity index (χ0n) is 59.9. The van der Waals surface area contributed by atoms with Crippen LogP contribution in [0.4, 0.5) is 0 Å². The quantitative estimate of drug-likeness (QED) is 0.0222. The van der Waals surface area contributed by atoms with E-state index in [2.05, 4.69) is 41.5 Å². The van der Waals surface area contributed by atoms with Gasteiger partial charge in [-0.25, -0.2) is 9.13 Å². The first-order valence-corrected chi connectivity index (χ1v) is 41.0. The molecule has 92 heavy (non-hydrogen) atoms. The van der Waals surface area contributed by atoms with Crippen molar-refractivity contribution in [3.8, 4) is 0 Å². The Morgan fingerprint density at radius 3 is 0.739 bits per heavy atom. The molecule has 0 aromatic heterocycles. The minimum absolute atomic E-state index is 0.106. The minimum Gasteiger partial charge on any atom is -0.462 e. The standard InChI is InChI=1S/C73H142O17P2/c1-7-9-11-13-15-29-37-43-49-55-70(75)83-61-68(89-72(77)57-51-45-39-30-16-14-12-10-8-2)63-87-91(79,80)85-59-67(74)60-86-92(81,82)88-64-69(90-73(78)58-52-46-40-34-28-24-20-18-22-26-32-36-42-48-54-66(5)6)62-84-71(76)56-50-44-38-33-27-23-19-17-21-25-31-35-41-47-53-65(3)4/h65-69,74H,7-64H2,1-6H3,(H,79,80)(H,81,82)/t67-,68+,69+/m0/s1. The van der Waals surface area contributed by atoms with Crippen LogP contribution < -0.4 is 0 Å². The molecular weight excluding hydrogens is 1210 g/mol. The Hall–Kier alpha value is -1.94. The summed E-state index contributed by atoms with van der Waals surface area (Å²) < 4.78 is 68.3.